The molecule has 0 atom stereocenters. The summed E-state index contributed by atoms with van der Waals surface area (Å²) in [7, 11) is 4.50. The summed E-state index contributed by atoms with van der Waals surface area (Å²) in [4.78, 5) is 24.1. The zero-order valence-corrected chi connectivity index (χ0v) is 16.5. The Morgan fingerprint density at radius 3 is 2.18 bits per heavy atom. The lowest BCUT2D eigenvalue weighted by Gasteiger charge is -2.14. The summed E-state index contributed by atoms with van der Waals surface area (Å²) in [6, 6.07) is 10.8. The van der Waals surface area contributed by atoms with Gasteiger partial charge in [0.1, 0.15) is 0 Å². The van der Waals surface area contributed by atoms with Crippen LogP contribution in [0.5, 0.6) is 17.2 Å². The Hall–Kier alpha value is -3.22. The number of amides is 1. The number of methoxy groups -OCH3 is 3. The van der Waals surface area contributed by atoms with Crippen molar-refractivity contribution in [1.82, 2.24) is 0 Å². The molecule has 2 aromatic rings. The predicted octanol–water partition coefficient (Wildman–Crippen LogP) is 3.00. The first-order valence-corrected chi connectivity index (χ1v) is 8.84. The van der Waals surface area contributed by atoms with Gasteiger partial charge >= 0.3 is 5.97 Å². The molecule has 0 spiro atoms. The number of carbonyl (C=O) groups is 2. The van der Waals surface area contributed by atoms with Gasteiger partial charge in [-0.1, -0.05) is 19.1 Å². The number of ether oxygens (including phenoxy) is 4. The molecule has 0 aromatic heterocycles. The molecule has 0 aliphatic rings. The van der Waals surface area contributed by atoms with Crippen LogP contribution in [0.15, 0.2) is 36.4 Å². The summed E-state index contributed by atoms with van der Waals surface area (Å²) in [6.45, 7) is 1.67. The van der Waals surface area contributed by atoms with Gasteiger partial charge in [-0.2, -0.15) is 0 Å². The molecule has 0 radical (unpaired) electrons. The van der Waals surface area contributed by atoms with Crippen LogP contribution >= 0.6 is 0 Å². The van der Waals surface area contributed by atoms with Crippen molar-refractivity contribution < 1.29 is 28.5 Å². The molecule has 0 saturated carbocycles. The maximum Gasteiger partial charge on any atom is 0.310 e. The largest absolute Gasteiger partial charge is 0.493 e. The standard InChI is InChI=1S/C21H25NO6/c1-5-14-7-6-8-16(9-14)22-19(23)13-28-20(24)12-15-10-17(25-2)21(27-4)18(11-15)26-3/h6-11H,5,12-13H2,1-4H3,(H,22,23). The molecule has 1 amide bonds. The van der Waals surface area contributed by atoms with E-state index in [4.69, 9.17) is 18.9 Å². The van der Waals surface area contributed by atoms with Gasteiger partial charge in [0.2, 0.25) is 5.75 Å². The van der Waals surface area contributed by atoms with Crippen molar-refractivity contribution in [3.05, 3.63) is 47.5 Å². The first-order chi connectivity index (χ1) is 13.5. The first-order valence-electron chi connectivity index (χ1n) is 8.84. The summed E-state index contributed by atoms with van der Waals surface area (Å²) >= 11 is 0. The zero-order valence-electron chi connectivity index (χ0n) is 16.5. The molecule has 0 fully saturated rings. The number of hydrogen-bond donors (Lipinski definition) is 1. The minimum atomic E-state index is -0.535. The molecule has 0 unspecified atom stereocenters. The highest BCUT2D eigenvalue weighted by molar-refractivity contribution is 5.93. The fourth-order valence-corrected chi connectivity index (χ4v) is 2.67. The highest BCUT2D eigenvalue weighted by atomic mass is 16.5. The molecular weight excluding hydrogens is 362 g/mol. The average molecular weight is 387 g/mol. The first kappa shape index (κ1) is 21.1. The fraction of sp³-hybridized carbons (Fsp3) is 0.333. The van der Waals surface area contributed by atoms with E-state index in [2.05, 4.69) is 5.32 Å². The van der Waals surface area contributed by atoms with Crippen LogP contribution in [0.3, 0.4) is 0 Å². The SMILES string of the molecule is CCc1cccc(NC(=O)COC(=O)Cc2cc(OC)c(OC)c(OC)c2)c1. The lowest BCUT2D eigenvalue weighted by atomic mass is 10.1. The highest BCUT2D eigenvalue weighted by Gasteiger charge is 2.16. The zero-order chi connectivity index (χ0) is 20.5. The van der Waals surface area contributed by atoms with Crippen molar-refractivity contribution in [1.29, 1.82) is 0 Å². The van der Waals surface area contributed by atoms with Gasteiger partial charge < -0.3 is 24.3 Å². The van der Waals surface area contributed by atoms with E-state index in [-0.39, 0.29) is 13.0 Å². The van der Waals surface area contributed by atoms with Crippen molar-refractivity contribution in [2.45, 2.75) is 19.8 Å². The van der Waals surface area contributed by atoms with E-state index in [9.17, 15) is 9.59 Å². The molecule has 28 heavy (non-hydrogen) atoms. The van der Waals surface area contributed by atoms with Gasteiger partial charge in [-0.15, -0.1) is 0 Å². The second-order valence-electron chi connectivity index (χ2n) is 5.97. The minimum absolute atomic E-state index is 0.0324. The second-order valence-corrected chi connectivity index (χ2v) is 5.97. The van der Waals surface area contributed by atoms with Gasteiger partial charge in [-0.05, 0) is 41.8 Å². The van der Waals surface area contributed by atoms with E-state index in [1.807, 2.05) is 25.1 Å². The van der Waals surface area contributed by atoms with E-state index < -0.39 is 11.9 Å². The van der Waals surface area contributed by atoms with Crippen molar-refractivity contribution >= 4 is 17.6 Å². The van der Waals surface area contributed by atoms with Gasteiger partial charge in [0.25, 0.3) is 5.91 Å². The third-order valence-corrected chi connectivity index (χ3v) is 4.06. The Labute approximate surface area is 164 Å². The molecular formula is C21H25NO6. The van der Waals surface area contributed by atoms with Crippen LogP contribution in [-0.2, 0) is 27.2 Å². The number of anilines is 1. The summed E-state index contributed by atoms with van der Waals surface area (Å²) < 4.78 is 20.9. The molecule has 7 heteroatoms. The lowest BCUT2D eigenvalue weighted by molar-refractivity contribution is -0.146. The van der Waals surface area contributed by atoms with Gasteiger partial charge in [0, 0.05) is 5.69 Å². The Morgan fingerprint density at radius 1 is 0.929 bits per heavy atom. The maximum atomic E-state index is 12.1. The van der Waals surface area contributed by atoms with Crippen LogP contribution in [0, 0.1) is 0 Å². The van der Waals surface area contributed by atoms with Gasteiger partial charge in [0.15, 0.2) is 18.1 Å². The number of nitrogens with one attached hydrogen (secondary N) is 1. The molecule has 0 heterocycles. The monoisotopic (exact) mass is 387 g/mol. The summed E-state index contributed by atoms with van der Waals surface area (Å²) in [5, 5.41) is 2.71. The van der Waals surface area contributed by atoms with Crippen LogP contribution in [0.1, 0.15) is 18.1 Å². The van der Waals surface area contributed by atoms with Crippen molar-refractivity contribution in [2.75, 3.05) is 33.3 Å². The number of aryl methyl sites for hydroxylation is 1. The minimum Gasteiger partial charge on any atom is -0.493 e. The third kappa shape index (κ3) is 5.64. The Bertz CT molecular complexity index is 808. The fourth-order valence-electron chi connectivity index (χ4n) is 2.67. The predicted molar refractivity (Wildman–Crippen MR) is 105 cm³/mol. The number of benzene rings is 2. The molecule has 0 aliphatic carbocycles. The van der Waals surface area contributed by atoms with Gasteiger partial charge in [-0.3, -0.25) is 9.59 Å². The van der Waals surface area contributed by atoms with E-state index in [0.717, 1.165) is 12.0 Å². The number of hydrogen-bond acceptors (Lipinski definition) is 6. The molecule has 150 valence electrons. The molecule has 0 saturated heterocycles. The number of carbonyl (C=O) groups excluding carboxylic acids is 2. The molecule has 7 nitrogen and oxygen atoms in total. The van der Waals surface area contributed by atoms with Gasteiger partial charge in [0.05, 0.1) is 27.8 Å². The van der Waals surface area contributed by atoms with Crippen LogP contribution in [-0.4, -0.2) is 39.8 Å². The van der Waals surface area contributed by atoms with Crippen molar-refractivity contribution in [2.24, 2.45) is 0 Å². The summed E-state index contributed by atoms with van der Waals surface area (Å²) in [5.74, 6) is 0.394. The second kappa shape index (κ2) is 10.2. The molecule has 0 aliphatic heterocycles. The third-order valence-electron chi connectivity index (χ3n) is 4.06. The highest BCUT2D eigenvalue weighted by Crippen LogP contribution is 2.38. The van der Waals surface area contributed by atoms with Gasteiger partial charge in [-0.25, -0.2) is 0 Å². The van der Waals surface area contributed by atoms with Crippen LogP contribution < -0.4 is 19.5 Å². The topological polar surface area (TPSA) is 83.1 Å². The Balaban J connectivity index is 1.94. The Morgan fingerprint density at radius 2 is 1.61 bits per heavy atom. The average Bonchev–Trinajstić information content (AvgIpc) is 2.71. The molecule has 0 bridgehead atoms. The number of rotatable bonds is 9. The van der Waals surface area contributed by atoms with E-state index in [0.29, 0.717) is 28.5 Å². The molecule has 2 rings (SSSR count). The van der Waals surface area contributed by atoms with Crippen molar-refractivity contribution in [3.63, 3.8) is 0 Å². The Kier molecular flexibility index (Phi) is 7.68. The summed E-state index contributed by atoms with van der Waals surface area (Å²) in [6.07, 6.45) is 0.836. The lowest BCUT2D eigenvalue weighted by Crippen LogP contribution is -2.21. The molecule has 1 N–H and O–H groups in total. The van der Waals surface area contributed by atoms with E-state index in [1.54, 1.807) is 18.2 Å². The summed E-state index contributed by atoms with van der Waals surface area (Å²) in [5.41, 5.74) is 2.40. The normalized spacial score (nSPS) is 10.1. The maximum absolute atomic E-state index is 12.1. The van der Waals surface area contributed by atoms with Crippen LogP contribution in [0.2, 0.25) is 0 Å². The van der Waals surface area contributed by atoms with E-state index >= 15 is 0 Å². The van der Waals surface area contributed by atoms with Crippen LogP contribution in [0.25, 0.3) is 0 Å². The van der Waals surface area contributed by atoms with Crippen molar-refractivity contribution in [3.8, 4) is 17.2 Å². The quantitative estimate of drug-likeness (QED) is 0.666. The number of esters is 1. The smallest absolute Gasteiger partial charge is 0.310 e. The molecule has 2 aromatic carbocycles. The van der Waals surface area contributed by atoms with E-state index in [1.165, 1.54) is 21.3 Å². The van der Waals surface area contributed by atoms with Crippen LogP contribution in [0.4, 0.5) is 5.69 Å².